The van der Waals surface area contributed by atoms with Gasteiger partial charge in [0, 0.05) is 42.6 Å². The maximum Gasteiger partial charge on any atom is 0.0724 e. The van der Waals surface area contributed by atoms with Crippen LogP contribution in [0.2, 0.25) is 0 Å². The molecule has 2 rings (SSSR count). The van der Waals surface area contributed by atoms with Crippen molar-refractivity contribution in [2.45, 2.75) is 20.8 Å². The third-order valence-electron chi connectivity index (χ3n) is 3.22. The topological polar surface area (TPSA) is 28.2 Å². The number of aromatic nitrogens is 1. The molecule has 96 valence electrons. The van der Waals surface area contributed by atoms with E-state index in [1.165, 1.54) is 11.1 Å². The van der Waals surface area contributed by atoms with Gasteiger partial charge >= 0.3 is 0 Å². The van der Waals surface area contributed by atoms with E-state index in [1.807, 2.05) is 12.3 Å². The molecule has 0 spiro atoms. The van der Waals surface area contributed by atoms with Gasteiger partial charge in [-0.1, -0.05) is 0 Å². The predicted octanol–water partition coefficient (Wildman–Crippen LogP) is 3.51. The van der Waals surface area contributed by atoms with Gasteiger partial charge < -0.3 is 10.2 Å². The summed E-state index contributed by atoms with van der Waals surface area (Å²) in [4.78, 5) is 6.77. The molecule has 0 saturated heterocycles. The highest BCUT2D eigenvalue weighted by atomic mass is 15.1. The number of benzene rings is 1. The predicted molar refractivity (Wildman–Crippen MR) is 79.5 cm³/mol. The van der Waals surface area contributed by atoms with E-state index in [2.05, 4.69) is 54.2 Å². The van der Waals surface area contributed by atoms with Crippen molar-refractivity contribution in [3.63, 3.8) is 0 Å². The summed E-state index contributed by atoms with van der Waals surface area (Å²) in [6.07, 6.45) is 1.86. The van der Waals surface area contributed by atoms with Crippen molar-refractivity contribution in [3.8, 4) is 0 Å². The van der Waals surface area contributed by atoms with Gasteiger partial charge in [-0.25, -0.2) is 0 Å². The zero-order valence-electron chi connectivity index (χ0n) is 11.4. The van der Waals surface area contributed by atoms with Crippen LogP contribution in [-0.2, 0) is 0 Å². The summed E-state index contributed by atoms with van der Waals surface area (Å²) in [5.41, 5.74) is 3.47. The second-order valence-electron chi connectivity index (χ2n) is 4.26. The molecule has 0 unspecified atom stereocenters. The number of hydrogen-bond acceptors (Lipinski definition) is 3. The number of nitrogens with one attached hydrogen (secondary N) is 1. The van der Waals surface area contributed by atoms with Crippen molar-refractivity contribution >= 4 is 22.3 Å². The van der Waals surface area contributed by atoms with Crippen LogP contribution in [0.25, 0.3) is 10.9 Å². The van der Waals surface area contributed by atoms with Crippen molar-refractivity contribution in [2.24, 2.45) is 0 Å². The second kappa shape index (κ2) is 5.71. The largest absolute Gasteiger partial charge is 0.385 e. The van der Waals surface area contributed by atoms with E-state index in [1.54, 1.807) is 0 Å². The van der Waals surface area contributed by atoms with Crippen LogP contribution < -0.4 is 10.2 Å². The van der Waals surface area contributed by atoms with Crippen molar-refractivity contribution in [1.29, 1.82) is 0 Å². The summed E-state index contributed by atoms with van der Waals surface area (Å²) < 4.78 is 0. The lowest BCUT2D eigenvalue weighted by molar-refractivity contribution is 0.867. The van der Waals surface area contributed by atoms with Gasteiger partial charge in [-0.3, -0.25) is 4.98 Å². The lowest BCUT2D eigenvalue weighted by atomic mass is 10.1. The first-order valence-corrected chi connectivity index (χ1v) is 6.67. The Hall–Kier alpha value is -1.77. The van der Waals surface area contributed by atoms with Crippen LogP contribution in [0.5, 0.6) is 0 Å². The van der Waals surface area contributed by atoms with Gasteiger partial charge in [0.1, 0.15) is 0 Å². The van der Waals surface area contributed by atoms with Crippen molar-refractivity contribution in [2.75, 3.05) is 29.9 Å². The molecule has 3 nitrogen and oxygen atoms in total. The second-order valence-corrected chi connectivity index (χ2v) is 4.26. The fourth-order valence-corrected chi connectivity index (χ4v) is 2.26. The number of pyridine rings is 1. The molecule has 0 aliphatic carbocycles. The fourth-order valence-electron chi connectivity index (χ4n) is 2.26. The Kier molecular flexibility index (Phi) is 4.03. The van der Waals surface area contributed by atoms with Crippen molar-refractivity contribution < 1.29 is 0 Å². The molecule has 0 fully saturated rings. The molecule has 1 aromatic carbocycles. The van der Waals surface area contributed by atoms with E-state index < -0.39 is 0 Å². The van der Waals surface area contributed by atoms with Crippen molar-refractivity contribution in [3.05, 3.63) is 30.5 Å². The molecule has 1 N–H and O–H groups in total. The van der Waals surface area contributed by atoms with E-state index in [4.69, 9.17) is 0 Å². The molecule has 0 saturated carbocycles. The Bertz CT molecular complexity index is 518. The number of anilines is 2. The van der Waals surface area contributed by atoms with Crippen molar-refractivity contribution in [1.82, 2.24) is 4.98 Å². The van der Waals surface area contributed by atoms with Crippen LogP contribution in [0.3, 0.4) is 0 Å². The molecular formula is C15H21N3. The lowest BCUT2D eigenvalue weighted by Gasteiger charge is -2.21. The van der Waals surface area contributed by atoms with E-state index in [9.17, 15) is 0 Å². The molecule has 1 heterocycles. The molecule has 18 heavy (non-hydrogen) atoms. The first-order chi connectivity index (χ1) is 8.80. The monoisotopic (exact) mass is 243 g/mol. The van der Waals surface area contributed by atoms with Gasteiger partial charge in [0.25, 0.3) is 0 Å². The van der Waals surface area contributed by atoms with Crippen LogP contribution in [-0.4, -0.2) is 24.6 Å². The van der Waals surface area contributed by atoms with Gasteiger partial charge in [0.15, 0.2) is 0 Å². The summed E-state index contributed by atoms with van der Waals surface area (Å²) in [5.74, 6) is 0. The quantitative estimate of drug-likeness (QED) is 0.871. The Balaban J connectivity index is 2.51. The molecule has 0 radical (unpaired) electrons. The maximum atomic E-state index is 4.42. The zero-order chi connectivity index (χ0) is 13.0. The Morgan fingerprint density at radius 2 is 1.89 bits per heavy atom. The van der Waals surface area contributed by atoms with Gasteiger partial charge in [-0.15, -0.1) is 0 Å². The van der Waals surface area contributed by atoms with Crippen LogP contribution in [0.15, 0.2) is 30.5 Å². The SMILES string of the molecule is CCNc1ccnc2ccc(N(CC)CC)cc12. The van der Waals surface area contributed by atoms with Gasteiger partial charge in [-0.05, 0) is 45.0 Å². The number of hydrogen-bond donors (Lipinski definition) is 1. The minimum absolute atomic E-state index is 0.925. The Morgan fingerprint density at radius 3 is 2.56 bits per heavy atom. The van der Waals surface area contributed by atoms with E-state index in [0.717, 1.165) is 30.8 Å². The third-order valence-corrected chi connectivity index (χ3v) is 3.22. The summed E-state index contributed by atoms with van der Waals surface area (Å²) in [7, 11) is 0. The molecule has 0 aliphatic heterocycles. The zero-order valence-corrected chi connectivity index (χ0v) is 11.4. The standard InChI is InChI=1S/C15H21N3/c1-4-16-15-9-10-17-14-8-7-12(11-13(14)15)18(5-2)6-3/h7-11H,4-6H2,1-3H3,(H,16,17). The van der Waals surface area contributed by atoms with Crippen LogP contribution >= 0.6 is 0 Å². The van der Waals surface area contributed by atoms with Gasteiger partial charge in [-0.2, -0.15) is 0 Å². The number of rotatable bonds is 5. The molecule has 3 heteroatoms. The molecular weight excluding hydrogens is 222 g/mol. The smallest absolute Gasteiger partial charge is 0.0724 e. The Labute approximate surface area is 109 Å². The van der Waals surface area contributed by atoms with E-state index in [-0.39, 0.29) is 0 Å². The van der Waals surface area contributed by atoms with Crippen LogP contribution in [0.4, 0.5) is 11.4 Å². The normalized spacial score (nSPS) is 10.6. The highest BCUT2D eigenvalue weighted by Crippen LogP contribution is 2.26. The summed E-state index contributed by atoms with van der Waals surface area (Å²) in [5, 5.41) is 4.59. The lowest BCUT2D eigenvalue weighted by Crippen LogP contribution is -2.21. The number of nitrogens with zero attached hydrogens (tertiary/aromatic N) is 2. The molecule has 0 atom stereocenters. The summed E-state index contributed by atoms with van der Waals surface area (Å²) >= 11 is 0. The first kappa shape index (κ1) is 12.7. The van der Waals surface area contributed by atoms with Gasteiger partial charge in [0.05, 0.1) is 5.52 Å². The minimum atomic E-state index is 0.925. The molecule has 0 bridgehead atoms. The molecule has 1 aromatic heterocycles. The maximum absolute atomic E-state index is 4.42. The molecule has 0 aliphatic rings. The number of fused-ring (bicyclic) bond motifs is 1. The van der Waals surface area contributed by atoms with Gasteiger partial charge in [0.2, 0.25) is 0 Å². The summed E-state index contributed by atoms with van der Waals surface area (Å²) in [6, 6.07) is 8.52. The first-order valence-electron chi connectivity index (χ1n) is 6.67. The highest BCUT2D eigenvalue weighted by molar-refractivity contribution is 5.93. The fraction of sp³-hybridized carbons (Fsp3) is 0.400. The minimum Gasteiger partial charge on any atom is -0.385 e. The average Bonchev–Trinajstić information content (AvgIpc) is 2.41. The third kappa shape index (κ3) is 2.40. The van der Waals surface area contributed by atoms with E-state index >= 15 is 0 Å². The molecule has 2 aromatic rings. The highest BCUT2D eigenvalue weighted by Gasteiger charge is 2.06. The average molecular weight is 243 g/mol. The van der Waals surface area contributed by atoms with Crippen LogP contribution in [0, 0.1) is 0 Å². The Morgan fingerprint density at radius 1 is 1.11 bits per heavy atom. The van der Waals surface area contributed by atoms with Crippen LogP contribution in [0.1, 0.15) is 20.8 Å². The summed E-state index contributed by atoms with van der Waals surface area (Å²) in [6.45, 7) is 9.46. The molecule has 0 amide bonds. The van der Waals surface area contributed by atoms with E-state index in [0.29, 0.717) is 0 Å².